The Balaban J connectivity index is 1.12. The Morgan fingerprint density at radius 1 is 0.588 bits per heavy atom. The van der Waals surface area contributed by atoms with Gasteiger partial charge in [-0.3, -0.25) is 0 Å². The molecule has 2 radical (unpaired) electrons. The van der Waals surface area contributed by atoms with Crippen molar-refractivity contribution in [3.63, 3.8) is 0 Å². The SMILES string of the molecule is C=C[Si](C=C)c1cc(C)ccc1C(=O)OOC(=O)OC1CCC(CC2CCC(OC(=O)OOC(=O)c3ccc(C)cc3[Si](C=C)C=C)CC2)CC1. The highest BCUT2D eigenvalue weighted by atomic mass is 28.3. The Hall–Kier alpha value is -4.69. The molecule has 12 heteroatoms. The molecular weight excluding hydrogens is 685 g/mol. The lowest BCUT2D eigenvalue weighted by molar-refractivity contribution is -0.208. The van der Waals surface area contributed by atoms with Gasteiger partial charge in [-0.05, 0) is 106 Å². The van der Waals surface area contributed by atoms with Crippen LogP contribution in [0.1, 0.15) is 89.6 Å². The molecule has 2 fully saturated rings. The average molecular weight is 731 g/mol. The van der Waals surface area contributed by atoms with E-state index in [4.69, 9.17) is 29.0 Å². The van der Waals surface area contributed by atoms with Crippen LogP contribution in [0.15, 0.2) is 85.5 Å². The first kappa shape index (κ1) is 39.1. The van der Waals surface area contributed by atoms with Crippen molar-refractivity contribution in [1.29, 1.82) is 0 Å². The molecule has 270 valence electrons. The van der Waals surface area contributed by atoms with Gasteiger partial charge in [0.05, 0.1) is 11.1 Å². The largest absolute Gasteiger partial charge is 0.550 e. The normalized spacial score (nSPS) is 20.0. The maximum atomic E-state index is 12.7. The van der Waals surface area contributed by atoms with Gasteiger partial charge in [0.2, 0.25) is 0 Å². The third kappa shape index (κ3) is 11.2. The molecule has 2 aromatic carbocycles. The van der Waals surface area contributed by atoms with Crippen LogP contribution in [0.2, 0.25) is 0 Å². The van der Waals surface area contributed by atoms with Crippen molar-refractivity contribution in [3.05, 3.63) is 108 Å². The van der Waals surface area contributed by atoms with Gasteiger partial charge in [-0.1, -0.05) is 58.2 Å². The standard InChI is InChI=1S/C39H46O10Si2/c1-7-50(8-2)34-23-26(5)11-21-32(34)36(40)46-48-38(42)44-30-17-13-28(14-18-30)25-29-15-19-31(20-16-29)45-39(43)49-47-37(41)33-22-12-27(6)24-35(33)51(9-3)10-4/h7-12,21-24,28-31H,1-4,13-20,25H2,5-6H3. The van der Waals surface area contributed by atoms with E-state index in [1.165, 1.54) is 0 Å². The van der Waals surface area contributed by atoms with Gasteiger partial charge in [-0.2, -0.15) is 9.59 Å². The van der Waals surface area contributed by atoms with Gasteiger partial charge in [-0.25, -0.2) is 29.1 Å². The van der Waals surface area contributed by atoms with Crippen molar-refractivity contribution in [2.75, 3.05) is 0 Å². The zero-order chi connectivity index (χ0) is 36.9. The van der Waals surface area contributed by atoms with Crippen molar-refractivity contribution < 1.29 is 48.2 Å². The molecule has 2 saturated carbocycles. The predicted molar refractivity (Wildman–Crippen MR) is 196 cm³/mol. The second-order valence-corrected chi connectivity index (χ2v) is 17.5. The minimum atomic E-state index is -1.39. The van der Waals surface area contributed by atoms with Crippen LogP contribution in [0.3, 0.4) is 0 Å². The van der Waals surface area contributed by atoms with E-state index in [1.807, 2.05) is 26.0 Å². The van der Waals surface area contributed by atoms with E-state index in [0.717, 1.165) is 53.6 Å². The predicted octanol–water partition coefficient (Wildman–Crippen LogP) is 7.27. The third-order valence-electron chi connectivity index (χ3n) is 9.44. The van der Waals surface area contributed by atoms with Crippen LogP contribution in [0.25, 0.3) is 0 Å². The number of benzene rings is 2. The van der Waals surface area contributed by atoms with Crippen molar-refractivity contribution in [2.45, 2.75) is 83.8 Å². The molecule has 2 aromatic rings. The highest BCUT2D eigenvalue weighted by Crippen LogP contribution is 2.37. The van der Waals surface area contributed by atoms with Gasteiger partial charge in [0, 0.05) is 0 Å². The fourth-order valence-electron chi connectivity index (χ4n) is 6.74. The van der Waals surface area contributed by atoms with Crippen molar-refractivity contribution in [3.8, 4) is 0 Å². The maximum absolute atomic E-state index is 12.7. The molecular formula is C39H46O10Si2. The number of hydrogen-bond acceptors (Lipinski definition) is 10. The number of hydrogen-bond donors (Lipinski definition) is 0. The molecule has 0 aliphatic heterocycles. The van der Waals surface area contributed by atoms with Gasteiger partial charge in [-0.15, -0.1) is 26.3 Å². The minimum Gasteiger partial charge on any atom is -0.428 e. The summed E-state index contributed by atoms with van der Waals surface area (Å²) in [6, 6.07) is 10.6. The summed E-state index contributed by atoms with van der Waals surface area (Å²) in [6.45, 7) is 19.2. The lowest BCUT2D eigenvalue weighted by Gasteiger charge is -2.33. The molecule has 2 aliphatic carbocycles. The number of carbonyl (C=O) groups excluding carboxylic acids is 4. The fraction of sp³-hybridized carbons (Fsp3) is 0.385. The highest BCUT2D eigenvalue weighted by molar-refractivity contribution is 6.83. The summed E-state index contributed by atoms with van der Waals surface area (Å²) in [5.41, 5.74) is 9.61. The molecule has 0 spiro atoms. The summed E-state index contributed by atoms with van der Waals surface area (Å²) >= 11 is 0. The van der Waals surface area contributed by atoms with Crippen molar-refractivity contribution in [2.24, 2.45) is 11.8 Å². The molecule has 0 unspecified atom stereocenters. The Morgan fingerprint density at radius 3 is 1.27 bits per heavy atom. The highest BCUT2D eigenvalue weighted by Gasteiger charge is 2.31. The van der Waals surface area contributed by atoms with Gasteiger partial charge in [0.1, 0.15) is 29.8 Å². The van der Waals surface area contributed by atoms with Gasteiger partial charge in [0.25, 0.3) is 0 Å². The molecule has 0 atom stereocenters. The third-order valence-corrected chi connectivity index (χ3v) is 13.3. The Bertz CT molecular complexity index is 1470. The lowest BCUT2D eigenvalue weighted by Crippen LogP contribution is -2.33. The summed E-state index contributed by atoms with van der Waals surface area (Å²) in [6.07, 6.45) is 4.70. The summed E-state index contributed by atoms with van der Waals surface area (Å²) in [5.74, 6) is -0.577. The smallest absolute Gasteiger partial charge is 0.428 e. The van der Waals surface area contributed by atoms with E-state index in [2.05, 4.69) is 26.3 Å². The summed E-state index contributed by atoms with van der Waals surface area (Å²) in [7, 11) is -2.77. The van der Waals surface area contributed by atoms with E-state index in [9.17, 15) is 19.2 Å². The minimum absolute atomic E-state index is 0.295. The Morgan fingerprint density at radius 2 is 0.941 bits per heavy atom. The zero-order valence-electron chi connectivity index (χ0n) is 29.4. The average Bonchev–Trinajstić information content (AvgIpc) is 3.12. The molecule has 0 aromatic heterocycles. The molecule has 0 N–H and O–H groups in total. The number of carbonyl (C=O) groups is 4. The van der Waals surface area contributed by atoms with Crippen LogP contribution in [0.4, 0.5) is 9.59 Å². The van der Waals surface area contributed by atoms with Crippen LogP contribution in [0.5, 0.6) is 0 Å². The monoisotopic (exact) mass is 730 g/mol. The van der Waals surface area contributed by atoms with Crippen molar-refractivity contribution in [1.82, 2.24) is 0 Å². The van der Waals surface area contributed by atoms with Gasteiger partial charge in [0.15, 0.2) is 0 Å². The molecule has 4 rings (SSSR count). The van der Waals surface area contributed by atoms with E-state index >= 15 is 0 Å². The van der Waals surface area contributed by atoms with E-state index in [-0.39, 0.29) is 12.2 Å². The van der Waals surface area contributed by atoms with Crippen LogP contribution < -0.4 is 10.4 Å². The van der Waals surface area contributed by atoms with Crippen LogP contribution in [-0.4, -0.2) is 54.1 Å². The molecule has 0 heterocycles. The molecule has 51 heavy (non-hydrogen) atoms. The first-order valence-corrected chi connectivity index (χ1v) is 20.5. The van der Waals surface area contributed by atoms with Crippen LogP contribution in [-0.2, 0) is 29.0 Å². The van der Waals surface area contributed by atoms with Gasteiger partial charge >= 0.3 is 24.2 Å². The first-order chi connectivity index (χ1) is 24.5. The lowest BCUT2D eigenvalue weighted by atomic mass is 9.76. The molecule has 2 aliphatic rings. The van der Waals surface area contributed by atoms with E-state index < -0.39 is 41.8 Å². The maximum Gasteiger partial charge on any atom is 0.550 e. The van der Waals surface area contributed by atoms with E-state index in [0.29, 0.717) is 48.6 Å². The summed E-state index contributed by atoms with van der Waals surface area (Å²) in [4.78, 5) is 69.2. The second-order valence-electron chi connectivity index (χ2n) is 13.0. The molecule has 0 saturated heterocycles. The fourth-order valence-corrected chi connectivity index (χ4v) is 9.74. The van der Waals surface area contributed by atoms with Gasteiger partial charge < -0.3 is 9.47 Å². The number of aryl methyl sites for hydroxylation is 2. The number of ether oxygens (including phenoxy) is 2. The quantitative estimate of drug-likeness (QED) is 0.0954. The van der Waals surface area contributed by atoms with Crippen LogP contribution >= 0.6 is 0 Å². The number of rotatable bonds is 12. The topological polar surface area (TPSA) is 124 Å². The molecule has 0 amide bonds. The zero-order valence-corrected chi connectivity index (χ0v) is 31.4. The first-order valence-electron chi connectivity index (χ1n) is 17.2. The van der Waals surface area contributed by atoms with E-state index in [1.54, 1.807) is 47.1 Å². The second kappa shape index (κ2) is 19.1. The molecule has 10 nitrogen and oxygen atoms in total. The summed E-state index contributed by atoms with van der Waals surface area (Å²) in [5, 5.41) is 1.51. The Labute approximate surface area is 303 Å². The molecule has 0 bridgehead atoms. The van der Waals surface area contributed by atoms with Crippen molar-refractivity contribution >= 4 is 52.2 Å². The Kier molecular flexibility index (Phi) is 14.6. The van der Waals surface area contributed by atoms with Crippen LogP contribution in [0, 0.1) is 25.7 Å². The summed E-state index contributed by atoms with van der Waals surface area (Å²) < 4.78 is 10.9.